The molecule has 2 rings (SSSR count). The lowest BCUT2D eigenvalue weighted by atomic mass is 10.1. The molecule has 0 fully saturated rings. The summed E-state index contributed by atoms with van der Waals surface area (Å²) < 4.78 is 3.04. The van der Waals surface area contributed by atoms with Crippen LogP contribution in [-0.4, -0.2) is 30.8 Å². The van der Waals surface area contributed by atoms with E-state index in [9.17, 15) is 19.5 Å². The number of aliphatic carboxylic acids is 1. The number of rotatable bonds is 7. The predicted octanol–water partition coefficient (Wildman–Crippen LogP) is -0.298. The van der Waals surface area contributed by atoms with Gasteiger partial charge < -0.3 is 14.5 Å². The van der Waals surface area contributed by atoms with Crippen LogP contribution in [0.4, 0.5) is 0 Å². The molecule has 0 aliphatic rings. The van der Waals surface area contributed by atoms with Crippen molar-refractivity contribution >= 4 is 28.9 Å². The zero-order valence-corrected chi connectivity index (χ0v) is 14.1. The van der Waals surface area contributed by atoms with Crippen LogP contribution in [0.2, 0.25) is 0 Å². The van der Waals surface area contributed by atoms with Crippen LogP contribution < -0.4 is 16.4 Å². The zero-order valence-electron chi connectivity index (χ0n) is 13.3. The van der Waals surface area contributed by atoms with Gasteiger partial charge in [-0.2, -0.15) is 0 Å². The third-order valence-electron chi connectivity index (χ3n) is 3.44. The molecule has 8 nitrogen and oxygen atoms in total. The number of fused-ring (bicyclic) bond motifs is 1. The smallest absolute Gasteiger partial charge is 0.329 e. The van der Waals surface area contributed by atoms with Gasteiger partial charge in [0.05, 0.1) is 0 Å². The minimum atomic E-state index is -1.13. The molecule has 0 spiro atoms. The number of nitrogens with one attached hydrogen (secondary N) is 1. The molecule has 2 aromatic rings. The summed E-state index contributed by atoms with van der Waals surface area (Å²) in [6.07, 6.45) is 0.731. The Morgan fingerprint density at radius 2 is 2.09 bits per heavy atom. The van der Waals surface area contributed by atoms with Gasteiger partial charge in [0.1, 0.15) is 0 Å². The normalized spacial score (nSPS) is 11.5. The summed E-state index contributed by atoms with van der Waals surface area (Å²) in [5.41, 5.74) is -0.365. The van der Waals surface area contributed by atoms with Crippen molar-refractivity contribution in [2.75, 3.05) is 5.75 Å². The van der Waals surface area contributed by atoms with Gasteiger partial charge in [-0.05, 0) is 18.8 Å². The van der Waals surface area contributed by atoms with Crippen molar-refractivity contribution < 1.29 is 9.90 Å². The lowest BCUT2D eigenvalue weighted by molar-refractivity contribution is -0.305. The minimum Gasteiger partial charge on any atom is -0.550 e. The molecule has 1 N–H and O–H groups in total. The highest BCUT2D eigenvalue weighted by Crippen LogP contribution is 2.23. The zero-order chi connectivity index (χ0) is 17.1. The monoisotopic (exact) mass is 339 g/mol. The number of hydrogen-bond acceptors (Lipinski definition) is 6. The molecule has 126 valence electrons. The Labute approximate surface area is 136 Å². The number of aromatic nitrogens is 4. The van der Waals surface area contributed by atoms with E-state index in [1.54, 1.807) is 4.57 Å². The molecule has 0 radical (unpaired) electrons. The second-order valence-electron chi connectivity index (χ2n) is 5.69. The third kappa shape index (κ3) is 3.84. The molecule has 2 heterocycles. The molecule has 0 aliphatic carbocycles. The van der Waals surface area contributed by atoms with Gasteiger partial charge >= 0.3 is 5.69 Å². The summed E-state index contributed by atoms with van der Waals surface area (Å²) in [5.74, 6) is -0.410. The second-order valence-corrected chi connectivity index (χ2v) is 6.75. The van der Waals surface area contributed by atoms with E-state index in [4.69, 9.17) is 0 Å². The molecule has 0 amide bonds. The molecule has 2 aromatic heterocycles. The standard InChI is InChI=1S/C14H20N4O4S/c1-8(2)4-6-18-10-11(17(3)13(22)16-12(10)21)15-14(18)23-7-5-9(19)20/h8H,4-7H2,1-3H3,(H,19,20)(H,16,21,22)/p-1. The van der Waals surface area contributed by atoms with Crippen LogP contribution in [0.1, 0.15) is 26.7 Å². The van der Waals surface area contributed by atoms with Gasteiger partial charge in [0, 0.05) is 25.3 Å². The minimum absolute atomic E-state index is 0.104. The van der Waals surface area contributed by atoms with E-state index in [1.165, 1.54) is 23.4 Å². The summed E-state index contributed by atoms with van der Waals surface area (Å²) in [6, 6.07) is 0. The predicted molar refractivity (Wildman–Crippen MR) is 85.4 cm³/mol. The highest BCUT2D eigenvalue weighted by Gasteiger charge is 2.17. The van der Waals surface area contributed by atoms with Gasteiger partial charge in [-0.1, -0.05) is 25.6 Å². The fraction of sp³-hybridized carbons (Fsp3) is 0.571. The SMILES string of the molecule is CC(C)CCn1c(SCCC(=O)[O-])nc2c1c(=O)[nH]c(=O)n2C. The van der Waals surface area contributed by atoms with Gasteiger partial charge in [-0.3, -0.25) is 14.3 Å². The topological polar surface area (TPSA) is 113 Å². The number of carbonyl (C=O) groups is 1. The number of H-pyrrole nitrogens is 1. The second kappa shape index (κ2) is 7.03. The number of carboxylic acids is 1. The van der Waals surface area contributed by atoms with Crippen molar-refractivity contribution in [2.45, 2.75) is 38.4 Å². The van der Waals surface area contributed by atoms with E-state index < -0.39 is 17.2 Å². The van der Waals surface area contributed by atoms with Crippen LogP contribution in [0.15, 0.2) is 14.7 Å². The van der Waals surface area contributed by atoms with Crippen LogP contribution in [0.25, 0.3) is 11.2 Å². The van der Waals surface area contributed by atoms with E-state index >= 15 is 0 Å². The Kier molecular flexibility index (Phi) is 5.30. The number of hydrogen-bond donors (Lipinski definition) is 1. The Balaban J connectivity index is 2.50. The first-order valence-corrected chi connectivity index (χ1v) is 8.32. The van der Waals surface area contributed by atoms with E-state index in [-0.39, 0.29) is 6.42 Å². The lowest BCUT2D eigenvalue weighted by Gasteiger charge is -2.10. The van der Waals surface area contributed by atoms with Gasteiger partial charge in [0.25, 0.3) is 5.56 Å². The number of aromatic amines is 1. The molecule has 0 unspecified atom stereocenters. The molecule has 0 saturated carbocycles. The van der Waals surface area contributed by atoms with Gasteiger partial charge in [-0.15, -0.1) is 0 Å². The maximum Gasteiger partial charge on any atom is 0.329 e. The molecule has 0 aromatic carbocycles. The molecule has 23 heavy (non-hydrogen) atoms. The summed E-state index contributed by atoms with van der Waals surface area (Å²) in [5, 5.41) is 11.1. The first-order chi connectivity index (χ1) is 10.8. The van der Waals surface area contributed by atoms with Crippen LogP contribution in [-0.2, 0) is 18.4 Å². The van der Waals surface area contributed by atoms with Crippen molar-refractivity contribution in [2.24, 2.45) is 13.0 Å². The first kappa shape index (κ1) is 17.3. The van der Waals surface area contributed by atoms with Crippen LogP contribution in [0, 0.1) is 5.92 Å². The number of thioether (sulfide) groups is 1. The maximum absolute atomic E-state index is 12.2. The van der Waals surface area contributed by atoms with E-state index in [2.05, 4.69) is 23.8 Å². The number of carboxylic acid groups (broad SMARTS) is 1. The van der Waals surface area contributed by atoms with Gasteiger partial charge in [0.15, 0.2) is 16.3 Å². The van der Waals surface area contributed by atoms with Crippen molar-refractivity contribution in [3.05, 3.63) is 20.8 Å². The summed E-state index contributed by atoms with van der Waals surface area (Å²) in [6.45, 7) is 4.72. The number of carbonyl (C=O) groups excluding carboxylic acids is 1. The molecule has 9 heteroatoms. The highest BCUT2D eigenvalue weighted by atomic mass is 32.2. The van der Waals surface area contributed by atoms with Crippen molar-refractivity contribution in [1.82, 2.24) is 19.1 Å². The van der Waals surface area contributed by atoms with Crippen molar-refractivity contribution in [3.8, 4) is 0 Å². The lowest BCUT2D eigenvalue weighted by Crippen LogP contribution is -2.29. The molecule has 0 aliphatic heterocycles. The van der Waals surface area contributed by atoms with Crippen LogP contribution in [0.5, 0.6) is 0 Å². The summed E-state index contributed by atoms with van der Waals surface area (Å²) in [7, 11) is 1.54. The Bertz CT molecular complexity index is 834. The number of aryl methyl sites for hydroxylation is 2. The molecule has 0 bridgehead atoms. The number of imidazole rings is 1. The fourth-order valence-electron chi connectivity index (χ4n) is 2.15. The maximum atomic E-state index is 12.2. The number of nitrogens with zero attached hydrogens (tertiary/aromatic N) is 3. The first-order valence-electron chi connectivity index (χ1n) is 7.33. The Morgan fingerprint density at radius 1 is 1.39 bits per heavy atom. The van der Waals surface area contributed by atoms with Crippen molar-refractivity contribution in [1.29, 1.82) is 0 Å². The molecular weight excluding hydrogens is 320 g/mol. The van der Waals surface area contributed by atoms with E-state index in [0.717, 1.165) is 6.42 Å². The molecule has 0 saturated heterocycles. The molecular formula is C14H19N4O4S-. The third-order valence-corrected chi connectivity index (χ3v) is 4.42. The largest absolute Gasteiger partial charge is 0.550 e. The quantitative estimate of drug-likeness (QED) is 0.693. The average molecular weight is 339 g/mol. The van der Waals surface area contributed by atoms with Crippen LogP contribution in [0.3, 0.4) is 0 Å². The van der Waals surface area contributed by atoms with Crippen LogP contribution >= 0.6 is 11.8 Å². The van der Waals surface area contributed by atoms with Crippen molar-refractivity contribution in [3.63, 3.8) is 0 Å². The average Bonchev–Trinajstić information content (AvgIpc) is 2.81. The fourth-order valence-corrected chi connectivity index (χ4v) is 3.09. The highest BCUT2D eigenvalue weighted by molar-refractivity contribution is 7.99. The van der Waals surface area contributed by atoms with Gasteiger partial charge in [-0.25, -0.2) is 9.78 Å². The Hall–Kier alpha value is -2.03. The summed E-state index contributed by atoms with van der Waals surface area (Å²) >= 11 is 1.24. The Morgan fingerprint density at radius 3 is 2.70 bits per heavy atom. The molecule has 0 atom stereocenters. The summed E-state index contributed by atoms with van der Waals surface area (Å²) in [4.78, 5) is 41.1. The van der Waals surface area contributed by atoms with E-state index in [0.29, 0.717) is 34.5 Å². The van der Waals surface area contributed by atoms with E-state index in [1.807, 2.05) is 0 Å². The van der Waals surface area contributed by atoms with Gasteiger partial charge in [0.2, 0.25) is 0 Å².